The predicted octanol–water partition coefficient (Wildman–Crippen LogP) is 3.96. The Bertz CT molecular complexity index is 656. The molecule has 0 heterocycles. The first-order valence-corrected chi connectivity index (χ1v) is 6.96. The Labute approximate surface area is 128 Å². The van der Waals surface area contributed by atoms with Crippen molar-refractivity contribution in [2.75, 3.05) is 11.1 Å². The van der Waals surface area contributed by atoms with Crippen LogP contribution in [0, 0.1) is 0 Å². The molecule has 0 atom stereocenters. The van der Waals surface area contributed by atoms with Crippen molar-refractivity contribution in [3.8, 4) is 5.75 Å². The molecule has 0 unspecified atom stereocenters. The van der Waals surface area contributed by atoms with E-state index in [1.54, 1.807) is 36.4 Å². The van der Waals surface area contributed by atoms with Crippen LogP contribution >= 0.6 is 11.6 Å². The number of halogens is 1. The van der Waals surface area contributed by atoms with Crippen LogP contribution in [0.1, 0.15) is 24.2 Å². The zero-order valence-electron chi connectivity index (χ0n) is 11.9. The molecule has 1 amide bonds. The van der Waals surface area contributed by atoms with Gasteiger partial charge >= 0.3 is 0 Å². The highest BCUT2D eigenvalue weighted by molar-refractivity contribution is 6.33. The Morgan fingerprint density at radius 1 is 1.24 bits per heavy atom. The van der Waals surface area contributed by atoms with E-state index in [0.717, 1.165) is 0 Å². The zero-order valence-corrected chi connectivity index (χ0v) is 12.6. The fourth-order valence-electron chi connectivity index (χ4n) is 1.79. The average Bonchev–Trinajstić information content (AvgIpc) is 2.42. The smallest absolute Gasteiger partial charge is 0.255 e. The number of hydrogen-bond acceptors (Lipinski definition) is 3. The Morgan fingerprint density at radius 3 is 2.67 bits per heavy atom. The van der Waals surface area contributed by atoms with Crippen molar-refractivity contribution >= 4 is 28.9 Å². The van der Waals surface area contributed by atoms with E-state index in [-0.39, 0.29) is 12.0 Å². The molecule has 2 aromatic rings. The Hall–Kier alpha value is -2.20. The Kier molecular flexibility index (Phi) is 4.70. The lowest BCUT2D eigenvalue weighted by atomic mass is 10.2. The molecule has 0 bridgehead atoms. The number of carbonyl (C=O) groups excluding carboxylic acids is 1. The molecule has 3 N–H and O–H groups in total. The molecule has 0 saturated carbocycles. The Morgan fingerprint density at radius 2 is 2.00 bits per heavy atom. The van der Waals surface area contributed by atoms with E-state index in [4.69, 9.17) is 22.1 Å². The lowest BCUT2D eigenvalue weighted by Gasteiger charge is -2.11. The third-order valence-electron chi connectivity index (χ3n) is 2.73. The van der Waals surface area contributed by atoms with E-state index in [9.17, 15) is 4.79 Å². The fraction of sp³-hybridized carbons (Fsp3) is 0.188. The minimum absolute atomic E-state index is 0.0548. The number of anilines is 2. The van der Waals surface area contributed by atoms with Crippen LogP contribution in [0.3, 0.4) is 0 Å². The summed E-state index contributed by atoms with van der Waals surface area (Å²) in [5.41, 5.74) is 7.22. The number of nitrogens with one attached hydrogen (secondary N) is 1. The maximum Gasteiger partial charge on any atom is 0.255 e. The predicted molar refractivity (Wildman–Crippen MR) is 86.0 cm³/mol. The molecule has 0 radical (unpaired) electrons. The second-order valence-electron chi connectivity index (χ2n) is 4.88. The van der Waals surface area contributed by atoms with Gasteiger partial charge in [0.2, 0.25) is 0 Å². The van der Waals surface area contributed by atoms with Crippen molar-refractivity contribution in [2.24, 2.45) is 0 Å². The fourth-order valence-corrected chi connectivity index (χ4v) is 1.97. The summed E-state index contributed by atoms with van der Waals surface area (Å²) in [6.07, 6.45) is 0.0548. The van der Waals surface area contributed by atoms with Crippen molar-refractivity contribution in [2.45, 2.75) is 20.0 Å². The van der Waals surface area contributed by atoms with Crippen LogP contribution in [-0.2, 0) is 0 Å². The molecule has 0 aliphatic rings. The van der Waals surface area contributed by atoms with Gasteiger partial charge in [-0.2, -0.15) is 0 Å². The second kappa shape index (κ2) is 6.50. The van der Waals surface area contributed by atoms with Crippen molar-refractivity contribution in [1.29, 1.82) is 0 Å². The van der Waals surface area contributed by atoms with Crippen LogP contribution in [0.5, 0.6) is 5.75 Å². The molecule has 2 rings (SSSR count). The van der Waals surface area contributed by atoms with Crippen molar-refractivity contribution in [3.05, 3.63) is 53.1 Å². The van der Waals surface area contributed by atoms with Gasteiger partial charge in [-0.05, 0) is 50.2 Å². The molecular formula is C16H17ClN2O2. The van der Waals surface area contributed by atoms with Crippen molar-refractivity contribution in [1.82, 2.24) is 0 Å². The van der Waals surface area contributed by atoms with E-state index >= 15 is 0 Å². The van der Waals surface area contributed by atoms with Gasteiger partial charge in [-0.1, -0.05) is 17.7 Å². The Balaban J connectivity index is 2.14. The lowest BCUT2D eigenvalue weighted by Crippen LogP contribution is -2.12. The molecule has 4 nitrogen and oxygen atoms in total. The van der Waals surface area contributed by atoms with Gasteiger partial charge in [-0.3, -0.25) is 4.79 Å². The van der Waals surface area contributed by atoms with E-state index in [2.05, 4.69) is 5.32 Å². The summed E-state index contributed by atoms with van der Waals surface area (Å²) in [4.78, 5) is 12.2. The van der Waals surface area contributed by atoms with Crippen LogP contribution in [0.4, 0.5) is 11.4 Å². The minimum atomic E-state index is -0.231. The van der Waals surface area contributed by atoms with E-state index in [1.165, 1.54) is 0 Å². The molecule has 0 aliphatic carbocycles. The van der Waals surface area contributed by atoms with Gasteiger partial charge in [0.05, 0.1) is 16.8 Å². The first-order valence-electron chi connectivity index (χ1n) is 6.59. The molecule has 0 spiro atoms. The average molecular weight is 305 g/mol. The largest absolute Gasteiger partial charge is 0.491 e. The maximum absolute atomic E-state index is 12.2. The van der Waals surface area contributed by atoms with Gasteiger partial charge in [0.25, 0.3) is 5.91 Å². The highest BCUT2D eigenvalue weighted by Gasteiger charge is 2.09. The third kappa shape index (κ3) is 4.13. The summed E-state index contributed by atoms with van der Waals surface area (Å²) in [5, 5.41) is 3.18. The molecule has 0 aliphatic heterocycles. The van der Waals surface area contributed by atoms with Crippen molar-refractivity contribution < 1.29 is 9.53 Å². The van der Waals surface area contributed by atoms with Gasteiger partial charge in [-0.25, -0.2) is 0 Å². The molecule has 2 aromatic carbocycles. The topological polar surface area (TPSA) is 64.3 Å². The molecular weight excluding hydrogens is 288 g/mol. The highest BCUT2D eigenvalue weighted by atomic mass is 35.5. The summed E-state index contributed by atoms with van der Waals surface area (Å²) in [5.74, 6) is 0.429. The number of nitrogens with two attached hydrogens (primary N) is 1. The number of amides is 1. The normalized spacial score (nSPS) is 10.5. The molecule has 0 saturated heterocycles. The molecule has 21 heavy (non-hydrogen) atoms. The summed E-state index contributed by atoms with van der Waals surface area (Å²) < 4.78 is 5.57. The van der Waals surface area contributed by atoms with Crippen molar-refractivity contribution in [3.63, 3.8) is 0 Å². The SMILES string of the molecule is CC(C)Oc1cccc(C(=O)Nc2ccc(N)c(Cl)c2)c1. The summed E-state index contributed by atoms with van der Waals surface area (Å²) >= 11 is 5.93. The number of hydrogen-bond donors (Lipinski definition) is 2. The summed E-state index contributed by atoms with van der Waals surface area (Å²) in [6.45, 7) is 3.87. The maximum atomic E-state index is 12.2. The van der Waals surface area contributed by atoms with Crippen LogP contribution < -0.4 is 15.8 Å². The van der Waals surface area contributed by atoms with E-state index in [0.29, 0.717) is 27.7 Å². The molecule has 0 aromatic heterocycles. The summed E-state index contributed by atoms with van der Waals surface area (Å²) in [6, 6.07) is 12.0. The van der Waals surface area contributed by atoms with Gasteiger partial charge in [0.15, 0.2) is 0 Å². The number of benzene rings is 2. The van der Waals surface area contributed by atoms with Crippen LogP contribution in [0.2, 0.25) is 5.02 Å². The molecule has 110 valence electrons. The van der Waals surface area contributed by atoms with Crippen LogP contribution in [-0.4, -0.2) is 12.0 Å². The van der Waals surface area contributed by atoms with Crippen LogP contribution in [0.25, 0.3) is 0 Å². The van der Waals surface area contributed by atoms with Gasteiger partial charge in [-0.15, -0.1) is 0 Å². The molecule has 5 heteroatoms. The highest BCUT2D eigenvalue weighted by Crippen LogP contribution is 2.23. The van der Waals surface area contributed by atoms with Gasteiger partial charge in [0, 0.05) is 11.3 Å². The minimum Gasteiger partial charge on any atom is -0.491 e. The summed E-state index contributed by atoms with van der Waals surface area (Å²) in [7, 11) is 0. The van der Waals surface area contributed by atoms with E-state index < -0.39 is 0 Å². The van der Waals surface area contributed by atoms with Crippen LogP contribution in [0.15, 0.2) is 42.5 Å². The lowest BCUT2D eigenvalue weighted by molar-refractivity contribution is 0.102. The standard InChI is InChI=1S/C16H17ClN2O2/c1-10(2)21-13-5-3-4-11(8-13)16(20)19-12-6-7-15(18)14(17)9-12/h3-10H,18H2,1-2H3,(H,19,20). The number of rotatable bonds is 4. The second-order valence-corrected chi connectivity index (χ2v) is 5.29. The number of ether oxygens (including phenoxy) is 1. The first kappa shape index (κ1) is 15.2. The van der Waals surface area contributed by atoms with Gasteiger partial charge < -0.3 is 15.8 Å². The number of carbonyl (C=O) groups is 1. The third-order valence-corrected chi connectivity index (χ3v) is 3.05. The quantitative estimate of drug-likeness (QED) is 0.840. The monoisotopic (exact) mass is 304 g/mol. The molecule has 0 fully saturated rings. The van der Waals surface area contributed by atoms with Gasteiger partial charge in [0.1, 0.15) is 5.75 Å². The number of nitrogen functional groups attached to an aromatic ring is 1. The zero-order chi connectivity index (χ0) is 15.4. The van der Waals surface area contributed by atoms with E-state index in [1.807, 2.05) is 19.9 Å². The first-order chi connectivity index (χ1) is 9.95.